The maximum atomic E-state index is 11.9. The average molecular weight is 376 g/mol. The summed E-state index contributed by atoms with van der Waals surface area (Å²) in [5.74, 6) is 0.939. The lowest BCUT2D eigenvalue weighted by Crippen LogP contribution is -2.22. The van der Waals surface area contributed by atoms with Crippen molar-refractivity contribution in [3.05, 3.63) is 62.8 Å². The topological polar surface area (TPSA) is 81.1 Å². The molecule has 3 rings (SSSR count). The van der Waals surface area contributed by atoms with E-state index in [1.807, 2.05) is 24.3 Å². The summed E-state index contributed by atoms with van der Waals surface area (Å²) in [6.07, 6.45) is 0.437. The fraction of sp³-hybridized carbons (Fsp3) is 0.188. The van der Waals surface area contributed by atoms with Gasteiger partial charge in [-0.3, -0.25) is 4.79 Å². The molecule has 0 unspecified atom stereocenters. The van der Waals surface area contributed by atoms with Gasteiger partial charge in [-0.25, -0.2) is 0 Å². The van der Waals surface area contributed by atoms with Crippen molar-refractivity contribution < 1.29 is 9.63 Å². The third-order valence-corrected chi connectivity index (χ3v) is 3.91. The van der Waals surface area contributed by atoms with Gasteiger partial charge in [-0.1, -0.05) is 33.2 Å². The molecule has 0 spiro atoms. The molecule has 0 aliphatic carbocycles. The third-order valence-electron chi connectivity index (χ3n) is 3.42. The molecular weight excluding hydrogens is 362 g/mol. The van der Waals surface area contributed by atoms with E-state index in [2.05, 4.69) is 26.1 Å². The molecule has 1 N–H and O–H groups in total. The number of aryl methyl sites for hydroxylation is 2. The Bertz CT molecular complexity index is 902. The van der Waals surface area contributed by atoms with Gasteiger partial charge < -0.3 is 14.2 Å². The minimum absolute atomic E-state index is 0.0292. The largest absolute Gasteiger partial charge is 0.508 e. The lowest BCUT2D eigenvalue weighted by atomic mass is 10.2. The molecule has 23 heavy (non-hydrogen) atoms. The highest BCUT2D eigenvalue weighted by molar-refractivity contribution is 9.10. The molecule has 1 aromatic carbocycles. The molecule has 0 saturated heterocycles. The molecule has 118 valence electrons. The van der Waals surface area contributed by atoms with Gasteiger partial charge in [0.05, 0.1) is 0 Å². The summed E-state index contributed by atoms with van der Waals surface area (Å²) >= 11 is 3.40. The zero-order valence-corrected chi connectivity index (χ0v) is 13.9. The van der Waals surface area contributed by atoms with Crippen LogP contribution in [0.15, 0.2) is 50.2 Å². The second-order valence-corrected chi connectivity index (χ2v) is 6.03. The average Bonchev–Trinajstić information content (AvgIpc) is 2.95. The highest BCUT2D eigenvalue weighted by Crippen LogP contribution is 2.20. The predicted molar refractivity (Wildman–Crippen MR) is 88.2 cm³/mol. The van der Waals surface area contributed by atoms with Crippen LogP contribution in [-0.2, 0) is 13.0 Å². The van der Waals surface area contributed by atoms with E-state index in [0.717, 1.165) is 10.0 Å². The quantitative estimate of drug-likeness (QED) is 0.757. The summed E-state index contributed by atoms with van der Waals surface area (Å²) < 4.78 is 7.74. The molecule has 3 aromatic rings. The fourth-order valence-electron chi connectivity index (χ4n) is 2.31. The van der Waals surface area contributed by atoms with Crippen LogP contribution >= 0.6 is 15.9 Å². The Morgan fingerprint density at radius 3 is 2.87 bits per heavy atom. The molecule has 2 aromatic heterocycles. The SMILES string of the molecule is Cc1cc(O)cc(=O)n1CCc1nc(-c2cccc(Br)c2)no1. The second-order valence-electron chi connectivity index (χ2n) is 5.12. The number of benzene rings is 1. The number of rotatable bonds is 4. The van der Waals surface area contributed by atoms with Crippen LogP contribution in [0, 0.1) is 6.92 Å². The third kappa shape index (κ3) is 3.50. The first kappa shape index (κ1) is 15.5. The molecule has 0 amide bonds. The molecule has 7 heteroatoms. The molecular formula is C16H14BrN3O3. The van der Waals surface area contributed by atoms with E-state index in [0.29, 0.717) is 30.4 Å². The number of halogens is 1. The first-order valence-corrected chi connectivity index (χ1v) is 7.81. The number of pyridine rings is 1. The predicted octanol–water partition coefficient (Wildman–Crippen LogP) is 2.92. The van der Waals surface area contributed by atoms with Gasteiger partial charge in [-0.2, -0.15) is 4.98 Å². The van der Waals surface area contributed by atoms with E-state index in [9.17, 15) is 9.90 Å². The van der Waals surface area contributed by atoms with Crippen molar-refractivity contribution in [1.29, 1.82) is 0 Å². The Morgan fingerprint density at radius 1 is 1.30 bits per heavy atom. The Labute approximate surface area is 140 Å². The minimum atomic E-state index is -0.255. The van der Waals surface area contributed by atoms with Crippen molar-refractivity contribution >= 4 is 15.9 Å². The molecule has 0 bridgehead atoms. The lowest BCUT2D eigenvalue weighted by Gasteiger charge is -2.08. The molecule has 2 heterocycles. The molecule has 0 saturated carbocycles. The highest BCUT2D eigenvalue weighted by atomic mass is 79.9. The van der Waals surface area contributed by atoms with E-state index in [4.69, 9.17) is 4.52 Å². The van der Waals surface area contributed by atoms with E-state index < -0.39 is 0 Å². The van der Waals surface area contributed by atoms with Crippen molar-refractivity contribution in [3.8, 4) is 17.1 Å². The van der Waals surface area contributed by atoms with Gasteiger partial charge in [-0.05, 0) is 25.1 Å². The normalized spacial score (nSPS) is 10.9. The van der Waals surface area contributed by atoms with E-state index in [1.54, 1.807) is 17.6 Å². The summed E-state index contributed by atoms with van der Waals surface area (Å²) in [7, 11) is 0. The summed E-state index contributed by atoms with van der Waals surface area (Å²) in [6.45, 7) is 2.17. The maximum Gasteiger partial charge on any atom is 0.254 e. The van der Waals surface area contributed by atoms with Crippen LogP contribution in [0.1, 0.15) is 11.6 Å². The van der Waals surface area contributed by atoms with Gasteiger partial charge >= 0.3 is 0 Å². The Kier molecular flexibility index (Phi) is 4.29. The van der Waals surface area contributed by atoms with E-state index in [1.165, 1.54) is 6.07 Å². The van der Waals surface area contributed by atoms with Crippen LogP contribution in [-0.4, -0.2) is 19.8 Å². The number of aromatic hydroxyl groups is 1. The van der Waals surface area contributed by atoms with E-state index >= 15 is 0 Å². The van der Waals surface area contributed by atoms with Gasteiger partial charge in [0.15, 0.2) is 0 Å². The summed E-state index contributed by atoms with van der Waals surface area (Å²) in [5.41, 5.74) is 1.28. The standard InChI is InChI=1S/C16H14BrN3O3/c1-10-7-13(21)9-15(22)20(10)6-5-14-18-16(19-23-14)11-3-2-4-12(17)8-11/h2-4,7-9,21H,5-6H2,1H3. The molecule has 0 radical (unpaired) electrons. The van der Waals surface area contributed by atoms with Crippen LogP contribution in [0.2, 0.25) is 0 Å². The van der Waals surface area contributed by atoms with Crippen molar-refractivity contribution in [2.24, 2.45) is 0 Å². The summed E-state index contributed by atoms with van der Waals surface area (Å²) in [6, 6.07) is 10.4. The van der Waals surface area contributed by atoms with Crippen LogP contribution in [0.5, 0.6) is 5.75 Å². The fourth-order valence-corrected chi connectivity index (χ4v) is 2.71. The zero-order chi connectivity index (χ0) is 16.4. The first-order chi connectivity index (χ1) is 11.0. The van der Waals surface area contributed by atoms with Gasteiger partial charge in [0.25, 0.3) is 5.56 Å². The molecule has 0 aliphatic rings. The molecule has 6 nitrogen and oxygen atoms in total. The number of hydrogen-bond donors (Lipinski definition) is 1. The summed E-state index contributed by atoms with van der Waals surface area (Å²) in [4.78, 5) is 16.2. The van der Waals surface area contributed by atoms with E-state index in [-0.39, 0.29) is 11.3 Å². The van der Waals surface area contributed by atoms with Gasteiger partial charge in [0, 0.05) is 34.8 Å². The minimum Gasteiger partial charge on any atom is -0.508 e. The number of nitrogens with zero attached hydrogens (tertiary/aromatic N) is 3. The van der Waals surface area contributed by atoms with Gasteiger partial charge in [0.1, 0.15) is 5.75 Å². The van der Waals surface area contributed by atoms with Gasteiger partial charge in [0.2, 0.25) is 11.7 Å². The lowest BCUT2D eigenvalue weighted by molar-refractivity contribution is 0.370. The highest BCUT2D eigenvalue weighted by Gasteiger charge is 2.10. The smallest absolute Gasteiger partial charge is 0.254 e. The monoisotopic (exact) mass is 375 g/mol. The zero-order valence-electron chi connectivity index (χ0n) is 12.4. The molecule has 0 aliphatic heterocycles. The Hall–Kier alpha value is -2.41. The van der Waals surface area contributed by atoms with Crippen LogP contribution < -0.4 is 5.56 Å². The summed E-state index contributed by atoms with van der Waals surface area (Å²) in [5, 5.41) is 13.4. The van der Waals surface area contributed by atoms with Crippen molar-refractivity contribution in [2.45, 2.75) is 19.9 Å². The number of hydrogen-bond acceptors (Lipinski definition) is 5. The van der Waals surface area contributed by atoms with Crippen molar-refractivity contribution in [3.63, 3.8) is 0 Å². The second kappa shape index (κ2) is 6.37. The molecule has 0 atom stereocenters. The van der Waals surface area contributed by atoms with Crippen LogP contribution in [0.25, 0.3) is 11.4 Å². The van der Waals surface area contributed by atoms with Gasteiger partial charge in [-0.15, -0.1) is 0 Å². The molecule has 0 fully saturated rings. The van der Waals surface area contributed by atoms with Crippen LogP contribution in [0.3, 0.4) is 0 Å². The van der Waals surface area contributed by atoms with Crippen molar-refractivity contribution in [2.75, 3.05) is 0 Å². The van der Waals surface area contributed by atoms with Crippen molar-refractivity contribution in [1.82, 2.24) is 14.7 Å². The maximum absolute atomic E-state index is 11.9. The Balaban J connectivity index is 1.77. The number of aromatic nitrogens is 3. The first-order valence-electron chi connectivity index (χ1n) is 7.02. The Morgan fingerprint density at radius 2 is 2.13 bits per heavy atom. The van der Waals surface area contributed by atoms with Crippen LogP contribution in [0.4, 0.5) is 0 Å².